The van der Waals surface area contributed by atoms with Crippen LogP contribution >= 0.6 is 22.7 Å². The summed E-state index contributed by atoms with van der Waals surface area (Å²) in [5, 5.41) is 6.06. The van der Waals surface area contributed by atoms with Gasteiger partial charge < -0.3 is 4.98 Å². The lowest BCUT2D eigenvalue weighted by atomic mass is 10.1. The van der Waals surface area contributed by atoms with Crippen molar-refractivity contribution in [2.45, 2.75) is 0 Å². The summed E-state index contributed by atoms with van der Waals surface area (Å²) in [4.78, 5) is 23.9. The fraction of sp³-hybridized carbons (Fsp3) is 0. The van der Waals surface area contributed by atoms with E-state index in [1.807, 2.05) is 35.0 Å². The minimum atomic E-state index is -0.118. The molecule has 0 radical (unpaired) electrons. The molecule has 4 heterocycles. The maximum Gasteiger partial charge on any atom is 0.269 e. The zero-order valence-corrected chi connectivity index (χ0v) is 12.4. The molecular formula is C15H9N3OS2. The van der Waals surface area contributed by atoms with Gasteiger partial charge in [-0.15, -0.1) is 11.3 Å². The molecule has 4 aromatic rings. The number of nitrogens with one attached hydrogen (secondary N) is 1. The van der Waals surface area contributed by atoms with Crippen LogP contribution in [0.3, 0.4) is 0 Å². The van der Waals surface area contributed by atoms with Gasteiger partial charge in [0.05, 0.1) is 5.52 Å². The van der Waals surface area contributed by atoms with Crippen LogP contribution in [0.15, 0.2) is 51.4 Å². The smallest absolute Gasteiger partial charge is 0.269 e. The Morgan fingerprint density at radius 3 is 2.86 bits per heavy atom. The minimum absolute atomic E-state index is 0.118. The molecule has 0 bridgehead atoms. The van der Waals surface area contributed by atoms with Gasteiger partial charge >= 0.3 is 0 Å². The van der Waals surface area contributed by atoms with Gasteiger partial charge in [-0.05, 0) is 34.5 Å². The Hall–Kier alpha value is -2.31. The highest BCUT2D eigenvalue weighted by molar-refractivity contribution is 7.17. The van der Waals surface area contributed by atoms with Crippen molar-refractivity contribution in [3.05, 3.63) is 57.0 Å². The van der Waals surface area contributed by atoms with Crippen molar-refractivity contribution in [3.8, 4) is 22.6 Å². The van der Waals surface area contributed by atoms with Gasteiger partial charge in [0.1, 0.15) is 10.4 Å². The molecule has 0 amide bonds. The quantitative estimate of drug-likeness (QED) is 0.613. The van der Waals surface area contributed by atoms with Crippen molar-refractivity contribution >= 4 is 32.9 Å². The predicted molar refractivity (Wildman–Crippen MR) is 86.8 cm³/mol. The lowest BCUT2D eigenvalue weighted by Gasteiger charge is -2.01. The van der Waals surface area contributed by atoms with Gasteiger partial charge in [-0.2, -0.15) is 11.3 Å². The summed E-state index contributed by atoms with van der Waals surface area (Å²) >= 11 is 3.05. The largest absolute Gasteiger partial charge is 0.304 e. The predicted octanol–water partition coefficient (Wildman–Crippen LogP) is 3.78. The van der Waals surface area contributed by atoms with E-state index in [2.05, 4.69) is 20.3 Å². The van der Waals surface area contributed by atoms with Crippen LogP contribution in [-0.2, 0) is 0 Å². The molecular weight excluding hydrogens is 302 g/mol. The summed E-state index contributed by atoms with van der Waals surface area (Å²) in [7, 11) is 0. The van der Waals surface area contributed by atoms with Crippen molar-refractivity contribution in [1.29, 1.82) is 0 Å². The number of thiophene rings is 2. The normalized spacial score (nSPS) is 11.0. The van der Waals surface area contributed by atoms with Gasteiger partial charge in [0, 0.05) is 17.1 Å². The van der Waals surface area contributed by atoms with Gasteiger partial charge in [0.2, 0.25) is 0 Å². The maximum absolute atomic E-state index is 12.2. The second kappa shape index (κ2) is 4.91. The van der Waals surface area contributed by atoms with E-state index in [0.29, 0.717) is 16.2 Å². The zero-order chi connectivity index (χ0) is 14.2. The molecule has 0 saturated carbocycles. The van der Waals surface area contributed by atoms with E-state index in [-0.39, 0.29) is 5.56 Å². The van der Waals surface area contributed by atoms with Gasteiger partial charge in [0.15, 0.2) is 5.82 Å². The third-order valence-electron chi connectivity index (χ3n) is 3.17. The summed E-state index contributed by atoms with van der Waals surface area (Å²) in [5.74, 6) is 0.503. The standard InChI is InChI=1S/C15H9N3OS2/c19-15-13-12(10(8-21-13)9-4-6-20-7-9)17-14(18-15)11-3-1-2-5-16-11/h1-8H,(H,17,18,19). The lowest BCUT2D eigenvalue weighted by Crippen LogP contribution is -2.08. The van der Waals surface area contributed by atoms with Gasteiger partial charge in [-0.3, -0.25) is 9.78 Å². The lowest BCUT2D eigenvalue weighted by molar-refractivity contribution is 1.15. The second-order valence-corrected chi connectivity index (χ2v) is 6.13. The molecule has 4 aromatic heterocycles. The monoisotopic (exact) mass is 311 g/mol. The number of nitrogens with zero attached hydrogens (tertiary/aromatic N) is 2. The molecule has 102 valence electrons. The molecule has 0 aliphatic heterocycles. The number of fused-ring (bicyclic) bond motifs is 1. The van der Waals surface area contributed by atoms with E-state index in [9.17, 15) is 4.79 Å². The Balaban J connectivity index is 2.00. The molecule has 1 N–H and O–H groups in total. The van der Waals surface area contributed by atoms with Crippen molar-refractivity contribution in [2.75, 3.05) is 0 Å². The van der Waals surface area contributed by atoms with Crippen LogP contribution in [0.2, 0.25) is 0 Å². The number of rotatable bonds is 2. The SMILES string of the molecule is O=c1[nH]c(-c2ccccn2)nc2c(-c3ccsc3)csc12. The molecule has 4 rings (SSSR count). The first kappa shape index (κ1) is 12.4. The Morgan fingerprint density at radius 2 is 2.10 bits per heavy atom. The molecule has 0 unspecified atom stereocenters. The molecule has 0 atom stereocenters. The van der Waals surface area contributed by atoms with E-state index in [1.165, 1.54) is 11.3 Å². The van der Waals surface area contributed by atoms with Crippen LogP contribution in [0.4, 0.5) is 0 Å². The Bertz CT molecular complexity index is 956. The van der Waals surface area contributed by atoms with Crippen molar-refractivity contribution in [1.82, 2.24) is 15.0 Å². The molecule has 0 aliphatic carbocycles. The highest BCUT2D eigenvalue weighted by Gasteiger charge is 2.13. The number of aromatic nitrogens is 3. The number of pyridine rings is 1. The first-order chi connectivity index (χ1) is 10.3. The van der Waals surface area contributed by atoms with Crippen LogP contribution < -0.4 is 5.56 Å². The van der Waals surface area contributed by atoms with E-state index in [1.54, 1.807) is 17.5 Å². The van der Waals surface area contributed by atoms with Gasteiger partial charge in [-0.25, -0.2) is 4.98 Å². The maximum atomic E-state index is 12.2. The highest BCUT2D eigenvalue weighted by Crippen LogP contribution is 2.32. The highest BCUT2D eigenvalue weighted by atomic mass is 32.1. The number of H-pyrrole nitrogens is 1. The number of hydrogen-bond acceptors (Lipinski definition) is 5. The summed E-state index contributed by atoms with van der Waals surface area (Å²) in [5.41, 5.74) is 3.38. The first-order valence-corrected chi connectivity index (χ1v) is 8.10. The van der Waals surface area contributed by atoms with Crippen molar-refractivity contribution < 1.29 is 0 Å². The first-order valence-electron chi connectivity index (χ1n) is 6.28. The van der Waals surface area contributed by atoms with Crippen LogP contribution in [-0.4, -0.2) is 15.0 Å². The molecule has 0 fully saturated rings. The van der Waals surface area contributed by atoms with E-state index in [0.717, 1.165) is 16.6 Å². The van der Waals surface area contributed by atoms with Crippen LogP contribution in [0.5, 0.6) is 0 Å². The molecule has 0 spiro atoms. The molecule has 4 nitrogen and oxygen atoms in total. The third-order valence-corrected chi connectivity index (χ3v) is 4.82. The molecule has 0 aliphatic rings. The Kier molecular flexibility index (Phi) is 2.90. The average molecular weight is 311 g/mol. The average Bonchev–Trinajstić information content (AvgIpc) is 3.16. The van der Waals surface area contributed by atoms with Crippen molar-refractivity contribution in [3.63, 3.8) is 0 Å². The zero-order valence-electron chi connectivity index (χ0n) is 10.7. The number of aromatic amines is 1. The van der Waals surface area contributed by atoms with Gasteiger partial charge in [0.25, 0.3) is 5.56 Å². The molecule has 0 aromatic carbocycles. The molecule has 0 saturated heterocycles. The Morgan fingerprint density at radius 1 is 1.14 bits per heavy atom. The van der Waals surface area contributed by atoms with E-state index < -0.39 is 0 Å². The summed E-state index contributed by atoms with van der Waals surface area (Å²) < 4.78 is 0.649. The molecule has 6 heteroatoms. The third kappa shape index (κ3) is 2.09. The Labute approximate surface area is 127 Å². The number of hydrogen-bond donors (Lipinski definition) is 1. The second-order valence-electron chi connectivity index (χ2n) is 4.47. The van der Waals surface area contributed by atoms with E-state index in [4.69, 9.17) is 0 Å². The topological polar surface area (TPSA) is 58.6 Å². The van der Waals surface area contributed by atoms with Crippen LogP contribution in [0.1, 0.15) is 0 Å². The summed E-state index contributed by atoms with van der Waals surface area (Å²) in [6.07, 6.45) is 1.69. The van der Waals surface area contributed by atoms with Gasteiger partial charge in [-0.1, -0.05) is 6.07 Å². The van der Waals surface area contributed by atoms with E-state index >= 15 is 0 Å². The minimum Gasteiger partial charge on any atom is -0.304 e. The summed E-state index contributed by atoms with van der Waals surface area (Å²) in [6, 6.07) is 7.58. The summed E-state index contributed by atoms with van der Waals surface area (Å²) in [6.45, 7) is 0. The molecule has 21 heavy (non-hydrogen) atoms. The van der Waals surface area contributed by atoms with Crippen LogP contribution in [0, 0.1) is 0 Å². The van der Waals surface area contributed by atoms with Crippen LogP contribution in [0.25, 0.3) is 32.9 Å². The fourth-order valence-corrected chi connectivity index (χ4v) is 3.74. The fourth-order valence-electron chi connectivity index (χ4n) is 2.17. The van der Waals surface area contributed by atoms with Crippen molar-refractivity contribution in [2.24, 2.45) is 0 Å².